The fraction of sp³-hybridized carbons (Fsp3) is 0.895. The molecule has 0 radical (unpaired) electrons. The van der Waals surface area contributed by atoms with E-state index < -0.39 is 0 Å². The van der Waals surface area contributed by atoms with Gasteiger partial charge in [0.1, 0.15) is 0 Å². The molecule has 2 bridgehead atoms. The third kappa shape index (κ3) is 11.1. The van der Waals surface area contributed by atoms with Crippen molar-refractivity contribution in [2.75, 3.05) is 19.7 Å². The van der Waals surface area contributed by atoms with Gasteiger partial charge in [-0.2, -0.15) is 0 Å². The lowest BCUT2D eigenvalue weighted by molar-refractivity contribution is -0.0920. The van der Waals surface area contributed by atoms with Crippen LogP contribution in [0.15, 0.2) is 23.3 Å². The highest BCUT2D eigenvalue weighted by atomic mass is 16.5. The average molecular weight is 570 g/mol. The van der Waals surface area contributed by atoms with Crippen LogP contribution in [0.2, 0.25) is 0 Å². The van der Waals surface area contributed by atoms with E-state index in [1.165, 1.54) is 134 Å². The first kappa shape index (κ1) is 33.3. The van der Waals surface area contributed by atoms with E-state index in [1.54, 1.807) is 5.57 Å². The topological polar surface area (TPSA) is 21.7 Å². The molecule has 3 aliphatic heterocycles. The molecule has 3 fully saturated rings. The van der Waals surface area contributed by atoms with E-state index in [1.807, 2.05) is 0 Å². The van der Waals surface area contributed by atoms with Gasteiger partial charge in [-0.15, -0.1) is 0 Å². The smallest absolute Gasteiger partial charge is 0.0808 e. The van der Waals surface area contributed by atoms with Crippen molar-refractivity contribution in [3.8, 4) is 0 Å². The van der Waals surface area contributed by atoms with Gasteiger partial charge in [0.05, 0.1) is 24.9 Å². The van der Waals surface area contributed by atoms with Crippen LogP contribution in [0, 0.1) is 23.7 Å². The number of nitrogens with zero attached hydrogens (tertiary/aromatic N) is 1. The Balaban J connectivity index is 1.46. The second-order valence-electron chi connectivity index (χ2n) is 15.1. The minimum atomic E-state index is 0.274. The Bertz CT molecular complexity index is 798. The Morgan fingerprint density at radius 3 is 2.37 bits per heavy atom. The van der Waals surface area contributed by atoms with Gasteiger partial charge in [0, 0.05) is 12.6 Å². The van der Waals surface area contributed by atoms with Gasteiger partial charge in [0.15, 0.2) is 0 Å². The summed E-state index contributed by atoms with van der Waals surface area (Å²) in [7, 11) is 0. The second kappa shape index (κ2) is 17.6. The summed E-state index contributed by atoms with van der Waals surface area (Å²) >= 11 is 0. The average Bonchev–Trinajstić information content (AvgIpc) is 2.96. The van der Waals surface area contributed by atoms with Gasteiger partial charge in [0.2, 0.25) is 0 Å². The van der Waals surface area contributed by atoms with E-state index in [2.05, 4.69) is 51.7 Å². The highest BCUT2D eigenvalue weighted by molar-refractivity contribution is 5.09. The summed E-state index contributed by atoms with van der Waals surface area (Å²) in [6.45, 7) is 15.4. The number of ether oxygens (including phenoxy) is 2. The zero-order valence-electron chi connectivity index (χ0n) is 27.9. The molecule has 236 valence electrons. The van der Waals surface area contributed by atoms with Crippen molar-refractivity contribution in [3.63, 3.8) is 0 Å². The molecule has 3 heteroatoms. The molecule has 1 saturated carbocycles. The second-order valence-corrected chi connectivity index (χ2v) is 15.1. The van der Waals surface area contributed by atoms with Crippen molar-refractivity contribution in [1.82, 2.24) is 4.90 Å². The molecule has 41 heavy (non-hydrogen) atoms. The van der Waals surface area contributed by atoms with Crippen LogP contribution < -0.4 is 0 Å². The van der Waals surface area contributed by atoms with Gasteiger partial charge in [0.25, 0.3) is 0 Å². The Labute approximate surface area is 255 Å². The SMILES string of the molecule is C/C1=C/CCCCC(C)C(/C(C)=C/C2CCCCC2)OCC2CCCCN2CCC2OC(CCC(C)C1)CCC2C. The quantitative estimate of drug-likeness (QED) is 0.309. The molecule has 0 amide bonds. The summed E-state index contributed by atoms with van der Waals surface area (Å²) in [5.41, 5.74) is 3.11. The first-order valence-corrected chi connectivity index (χ1v) is 18.2. The fourth-order valence-electron chi connectivity index (χ4n) is 8.53. The lowest BCUT2D eigenvalue weighted by Gasteiger charge is -2.40. The molecule has 4 aliphatic rings. The highest BCUT2D eigenvalue weighted by Crippen LogP contribution is 2.33. The van der Waals surface area contributed by atoms with Gasteiger partial charge in [-0.1, -0.05) is 70.6 Å². The van der Waals surface area contributed by atoms with E-state index in [-0.39, 0.29) is 6.10 Å². The number of hydrogen-bond acceptors (Lipinski definition) is 3. The van der Waals surface area contributed by atoms with Crippen molar-refractivity contribution < 1.29 is 9.47 Å². The molecular formula is C38H67NO2. The largest absolute Gasteiger partial charge is 0.375 e. The Hall–Kier alpha value is -0.640. The van der Waals surface area contributed by atoms with E-state index in [0.29, 0.717) is 30.1 Å². The van der Waals surface area contributed by atoms with E-state index in [4.69, 9.17) is 9.47 Å². The van der Waals surface area contributed by atoms with Crippen molar-refractivity contribution in [1.29, 1.82) is 0 Å². The molecule has 3 heterocycles. The zero-order chi connectivity index (χ0) is 29.0. The van der Waals surface area contributed by atoms with Crippen LogP contribution in [0.1, 0.15) is 150 Å². The van der Waals surface area contributed by atoms with Gasteiger partial charge >= 0.3 is 0 Å². The van der Waals surface area contributed by atoms with Crippen LogP contribution in [0.3, 0.4) is 0 Å². The third-order valence-electron chi connectivity index (χ3n) is 11.2. The van der Waals surface area contributed by atoms with E-state index >= 15 is 0 Å². The third-order valence-corrected chi connectivity index (χ3v) is 11.2. The molecule has 0 spiro atoms. The van der Waals surface area contributed by atoms with Gasteiger partial charge in [-0.25, -0.2) is 0 Å². The highest BCUT2D eigenvalue weighted by Gasteiger charge is 2.31. The lowest BCUT2D eigenvalue weighted by atomic mass is 9.85. The Morgan fingerprint density at radius 1 is 0.780 bits per heavy atom. The summed E-state index contributed by atoms with van der Waals surface area (Å²) < 4.78 is 13.8. The maximum atomic E-state index is 7.00. The van der Waals surface area contributed by atoms with E-state index in [0.717, 1.165) is 18.4 Å². The van der Waals surface area contributed by atoms with Crippen molar-refractivity contribution in [3.05, 3.63) is 23.3 Å². The van der Waals surface area contributed by atoms with Crippen molar-refractivity contribution in [2.45, 2.75) is 175 Å². The summed E-state index contributed by atoms with van der Waals surface area (Å²) in [5.74, 6) is 2.80. The van der Waals surface area contributed by atoms with Crippen LogP contribution in [0.25, 0.3) is 0 Å². The van der Waals surface area contributed by atoms with E-state index in [9.17, 15) is 0 Å². The van der Waals surface area contributed by atoms with Gasteiger partial charge in [-0.3, -0.25) is 4.90 Å². The molecule has 0 aromatic carbocycles. The molecule has 1 aliphatic carbocycles. The monoisotopic (exact) mass is 570 g/mol. The summed E-state index contributed by atoms with van der Waals surface area (Å²) in [4.78, 5) is 2.78. The first-order valence-electron chi connectivity index (χ1n) is 18.2. The normalized spacial score (nSPS) is 38.7. The summed E-state index contributed by atoms with van der Waals surface area (Å²) in [6.07, 6.45) is 30.0. The van der Waals surface area contributed by atoms with Crippen molar-refractivity contribution >= 4 is 0 Å². The number of allylic oxidation sites excluding steroid dienone is 3. The van der Waals surface area contributed by atoms with Crippen LogP contribution in [-0.2, 0) is 9.47 Å². The number of hydrogen-bond donors (Lipinski definition) is 0. The van der Waals surface area contributed by atoms with Gasteiger partial charge in [-0.05, 0) is 133 Å². The summed E-state index contributed by atoms with van der Waals surface area (Å²) in [6, 6.07) is 0.568. The van der Waals surface area contributed by atoms with Crippen molar-refractivity contribution in [2.24, 2.45) is 23.7 Å². The molecule has 7 atom stereocenters. The minimum Gasteiger partial charge on any atom is -0.375 e. The standard InChI is InChI=1S/C38H67NO2/c1-29-14-8-6-9-15-32(4)38(33(5)27-34-16-10-7-11-17-34)40-28-35-18-12-13-24-39(35)25-23-37-31(3)20-22-36(41-37)21-19-30(2)26-29/h14,27,30-32,34-38H,6-13,15-26,28H2,1-5H3/b29-14-,33-27+. The number of fused-ring (bicyclic) bond motifs is 3. The van der Waals surface area contributed by atoms with Crippen LogP contribution >= 0.6 is 0 Å². The molecule has 0 N–H and O–H groups in total. The fourth-order valence-corrected chi connectivity index (χ4v) is 8.53. The van der Waals surface area contributed by atoms with Crippen LogP contribution in [-0.4, -0.2) is 49.0 Å². The molecule has 0 aromatic rings. The predicted molar refractivity (Wildman–Crippen MR) is 175 cm³/mol. The molecule has 3 nitrogen and oxygen atoms in total. The maximum absolute atomic E-state index is 7.00. The maximum Gasteiger partial charge on any atom is 0.0808 e. The molecule has 2 saturated heterocycles. The molecule has 4 rings (SSSR count). The summed E-state index contributed by atoms with van der Waals surface area (Å²) in [5, 5.41) is 0. The zero-order valence-corrected chi connectivity index (χ0v) is 27.9. The molecule has 7 unspecified atom stereocenters. The Morgan fingerprint density at radius 2 is 1.54 bits per heavy atom. The first-order chi connectivity index (χ1) is 19.9. The number of piperidine rings is 1. The van der Waals surface area contributed by atoms with Gasteiger partial charge < -0.3 is 9.47 Å². The van der Waals surface area contributed by atoms with Crippen LogP contribution in [0.5, 0.6) is 0 Å². The Kier molecular flexibility index (Phi) is 14.3. The molecule has 0 aromatic heterocycles. The van der Waals surface area contributed by atoms with Crippen LogP contribution in [0.4, 0.5) is 0 Å². The number of rotatable bonds is 2. The minimum absolute atomic E-state index is 0.274. The lowest BCUT2D eigenvalue weighted by Crippen LogP contribution is -2.46. The predicted octanol–water partition coefficient (Wildman–Crippen LogP) is 10.3. The molecular weight excluding hydrogens is 502 g/mol.